The van der Waals surface area contributed by atoms with Crippen molar-refractivity contribution in [3.8, 4) is 11.5 Å². The second-order valence-electron chi connectivity index (χ2n) is 3.68. The normalized spacial score (nSPS) is 10.1. The second kappa shape index (κ2) is 5.89. The van der Waals surface area contributed by atoms with E-state index in [-0.39, 0.29) is 0 Å². The summed E-state index contributed by atoms with van der Waals surface area (Å²) in [4.78, 5) is 10.4. The lowest BCUT2D eigenvalue weighted by Gasteiger charge is -2.07. The third kappa shape index (κ3) is 3.25. The van der Waals surface area contributed by atoms with Crippen molar-refractivity contribution in [3.05, 3.63) is 58.1 Å². The third-order valence-corrected chi connectivity index (χ3v) is 2.98. The van der Waals surface area contributed by atoms with E-state index < -0.39 is 0 Å². The number of carbonyl (C=O) groups is 1. The highest BCUT2D eigenvalue weighted by Gasteiger charge is 2.03. The van der Waals surface area contributed by atoms with Gasteiger partial charge in [-0.2, -0.15) is 0 Å². The van der Waals surface area contributed by atoms with Gasteiger partial charge in [0, 0.05) is 16.5 Å². The summed E-state index contributed by atoms with van der Waals surface area (Å²) in [5.74, 6) is 1.30. The van der Waals surface area contributed by atoms with Gasteiger partial charge in [0.15, 0.2) is 0 Å². The average molecular weight is 281 g/mol. The van der Waals surface area contributed by atoms with Gasteiger partial charge in [0.1, 0.15) is 17.8 Å². The van der Waals surface area contributed by atoms with Crippen molar-refractivity contribution in [2.24, 2.45) is 0 Å². The molecule has 0 N–H and O–H groups in total. The Morgan fingerprint density at radius 3 is 2.28 bits per heavy atom. The van der Waals surface area contributed by atoms with Gasteiger partial charge in [0.2, 0.25) is 0 Å². The maximum absolute atomic E-state index is 10.4. The van der Waals surface area contributed by atoms with Crippen molar-refractivity contribution in [2.45, 2.75) is 6.42 Å². The van der Waals surface area contributed by atoms with Crippen LogP contribution in [0, 0.1) is 0 Å². The SMILES string of the molecule is O=CCc1ccc(Oc2ccc(Cl)cc2)cc1Cl. The van der Waals surface area contributed by atoms with Gasteiger partial charge in [-0.3, -0.25) is 0 Å². The largest absolute Gasteiger partial charge is 0.457 e. The number of halogens is 2. The summed E-state index contributed by atoms with van der Waals surface area (Å²) in [5, 5.41) is 1.18. The minimum absolute atomic E-state index is 0.306. The first-order valence-electron chi connectivity index (χ1n) is 5.34. The number of benzene rings is 2. The summed E-state index contributed by atoms with van der Waals surface area (Å²) < 4.78 is 5.62. The van der Waals surface area contributed by atoms with Crippen LogP contribution in [-0.2, 0) is 11.2 Å². The lowest BCUT2D eigenvalue weighted by Crippen LogP contribution is -1.89. The summed E-state index contributed by atoms with van der Waals surface area (Å²) >= 11 is 11.8. The Morgan fingerprint density at radius 1 is 1.00 bits per heavy atom. The van der Waals surface area contributed by atoms with E-state index in [0.29, 0.717) is 28.0 Å². The van der Waals surface area contributed by atoms with Crippen LogP contribution in [-0.4, -0.2) is 6.29 Å². The van der Waals surface area contributed by atoms with Gasteiger partial charge >= 0.3 is 0 Å². The fraction of sp³-hybridized carbons (Fsp3) is 0.0714. The average Bonchev–Trinajstić information content (AvgIpc) is 2.36. The number of rotatable bonds is 4. The molecule has 0 aliphatic carbocycles. The Labute approximate surface area is 115 Å². The van der Waals surface area contributed by atoms with Crippen molar-refractivity contribution in [2.75, 3.05) is 0 Å². The van der Waals surface area contributed by atoms with Crippen LogP contribution in [0.3, 0.4) is 0 Å². The summed E-state index contributed by atoms with van der Waals surface area (Å²) in [5.41, 5.74) is 0.787. The zero-order valence-electron chi connectivity index (χ0n) is 9.40. The summed E-state index contributed by atoms with van der Waals surface area (Å²) in [7, 11) is 0. The smallest absolute Gasteiger partial charge is 0.128 e. The van der Waals surface area contributed by atoms with Gasteiger partial charge in [-0.05, 0) is 42.0 Å². The molecule has 2 rings (SSSR count). The Kier molecular flexibility index (Phi) is 4.24. The van der Waals surface area contributed by atoms with E-state index in [4.69, 9.17) is 27.9 Å². The van der Waals surface area contributed by atoms with Gasteiger partial charge in [-0.25, -0.2) is 0 Å². The number of aldehydes is 1. The second-order valence-corrected chi connectivity index (χ2v) is 4.52. The predicted octanol–water partition coefficient (Wildman–Crippen LogP) is 4.53. The van der Waals surface area contributed by atoms with Crippen LogP contribution in [0.15, 0.2) is 42.5 Å². The molecule has 0 aliphatic rings. The molecule has 92 valence electrons. The van der Waals surface area contributed by atoms with Crippen molar-refractivity contribution >= 4 is 29.5 Å². The van der Waals surface area contributed by atoms with Crippen molar-refractivity contribution < 1.29 is 9.53 Å². The molecule has 0 aromatic heterocycles. The maximum atomic E-state index is 10.4. The van der Waals surface area contributed by atoms with E-state index in [9.17, 15) is 4.79 Å². The Hall–Kier alpha value is -1.51. The molecule has 0 aliphatic heterocycles. The van der Waals surface area contributed by atoms with Crippen LogP contribution in [0.2, 0.25) is 10.0 Å². The quantitative estimate of drug-likeness (QED) is 0.770. The molecule has 0 bridgehead atoms. The van der Waals surface area contributed by atoms with Gasteiger partial charge in [0.05, 0.1) is 0 Å². The summed E-state index contributed by atoms with van der Waals surface area (Å²) in [6.45, 7) is 0. The molecule has 0 spiro atoms. The van der Waals surface area contributed by atoms with E-state index >= 15 is 0 Å². The van der Waals surface area contributed by atoms with Gasteiger partial charge in [0.25, 0.3) is 0 Å². The van der Waals surface area contributed by atoms with E-state index in [2.05, 4.69) is 0 Å². The summed E-state index contributed by atoms with van der Waals surface area (Å²) in [6.07, 6.45) is 1.13. The molecular weight excluding hydrogens is 271 g/mol. The van der Waals surface area contributed by atoms with Gasteiger partial charge in [-0.15, -0.1) is 0 Å². The highest BCUT2D eigenvalue weighted by Crippen LogP contribution is 2.27. The molecule has 2 aromatic carbocycles. The topological polar surface area (TPSA) is 26.3 Å². The molecule has 4 heteroatoms. The molecule has 0 unspecified atom stereocenters. The highest BCUT2D eigenvalue weighted by atomic mass is 35.5. The van der Waals surface area contributed by atoms with E-state index in [1.165, 1.54) is 0 Å². The van der Waals surface area contributed by atoms with Crippen LogP contribution in [0.25, 0.3) is 0 Å². The standard InChI is InChI=1S/C14H10Cl2O2/c15-11-2-5-12(6-3-11)18-13-4-1-10(7-8-17)14(16)9-13/h1-6,8-9H,7H2. The first-order valence-corrected chi connectivity index (χ1v) is 6.10. The zero-order valence-corrected chi connectivity index (χ0v) is 10.9. The predicted molar refractivity (Wildman–Crippen MR) is 72.7 cm³/mol. The molecule has 0 radical (unpaired) electrons. The number of hydrogen-bond acceptors (Lipinski definition) is 2. The summed E-state index contributed by atoms with van der Waals surface area (Å²) in [6, 6.07) is 12.3. The van der Waals surface area contributed by atoms with Crippen LogP contribution < -0.4 is 4.74 Å². The first kappa shape index (κ1) is 12.9. The van der Waals surface area contributed by atoms with Crippen molar-refractivity contribution in [1.82, 2.24) is 0 Å². The molecule has 2 aromatic rings. The Bertz CT molecular complexity index is 550. The van der Waals surface area contributed by atoms with E-state index in [1.54, 1.807) is 42.5 Å². The third-order valence-electron chi connectivity index (χ3n) is 2.38. The lowest BCUT2D eigenvalue weighted by atomic mass is 10.1. The highest BCUT2D eigenvalue weighted by molar-refractivity contribution is 6.31. The van der Waals surface area contributed by atoms with Crippen LogP contribution in [0.4, 0.5) is 0 Å². The lowest BCUT2D eigenvalue weighted by molar-refractivity contribution is -0.107. The van der Waals surface area contributed by atoms with Crippen LogP contribution in [0.5, 0.6) is 11.5 Å². The van der Waals surface area contributed by atoms with Crippen LogP contribution in [0.1, 0.15) is 5.56 Å². The number of ether oxygens (including phenoxy) is 1. The molecular formula is C14H10Cl2O2. The first-order chi connectivity index (χ1) is 8.69. The fourth-order valence-corrected chi connectivity index (χ4v) is 1.86. The monoisotopic (exact) mass is 280 g/mol. The molecule has 0 amide bonds. The fourth-order valence-electron chi connectivity index (χ4n) is 1.49. The van der Waals surface area contributed by atoms with Crippen molar-refractivity contribution in [1.29, 1.82) is 0 Å². The van der Waals surface area contributed by atoms with Crippen LogP contribution >= 0.6 is 23.2 Å². The molecule has 2 nitrogen and oxygen atoms in total. The molecule has 0 fully saturated rings. The molecule has 0 saturated heterocycles. The number of hydrogen-bond donors (Lipinski definition) is 0. The Morgan fingerprint density at radius 2 is 1.67 bits per heavy atom. The van der Waals surface area contributed by atoms with Gasteiger partial charge in [-0.1, -0.05) is 29.3 Å². The van der Waals surface area contributed by atoms with E-state index in [0.717, 1.165) is 11.8 Å². The van der Waals surface area contributed by atoms with Gasteiger partial charge < -0.3 is 9.53 Å². The zero-order chi connectivity index (χ0) is 13.0. The minimum atomic E-state index is 0.306. The van der Waals surface area contributed by atoms with Crippen molar-refractivity contribution in [3.63, 3.8) is 0 Å². The maximum Gasteiger partial charge on any atom is 0.128 e. The molecule has 0 heterocycles. The number of carbonyl (C=O) groups excluding carboxylic acids is 1. The molecule has 0 saturated carbocycles. The Balaban J connectivity index is 2.17. The molecule has 0 atom stereocenters. The molecule has 18 heavy (non-hydrogen) atoms. The van der Waals surface area contributed by atoms with E-state index in [1.807, 2.05) is 0 Å². The minimum Gasteiger partial charge on any atom is -0.457 e.